The number of hydrogen-bond acceptors (Lipinski definition) is 5. The van der Waals surface area contributed by atoms with E-state index in [1.165, 1.54) is 6.26 Å². The molecule has 2 N–H and O–H groups in total. The molecule has 9 heteroatoms. The van der Waals surface area contributed by atoms with E-state index >= 15 is 0 Å². The molecule has 0 atom stereocenters. The number of nitrogens with zero attached hydrogens (tertiary/aromatic N) is 2. The van der Waals surface area contributed by atoms with Crippen LogP contribution >= 0.6 is 0 Å². The summed E-state index contributed by atoms with van der Waals surface area (Å²) in [7, 11) is -1.30. The number of nitrogens with one attached hydrogen (secondary N) is 2. The van der Waals surface area contributed by atoms with Crippen molar-refractivity contribution in [1.29, 1.82) is 0 Å². The van der Waals surface area contributed by atoms with Crippen LogP contribution in [0, 0.1) is 5.41 Å². The summed E-state index contributed by atoms with van der Waals surface area (Å²) in [5.41, 5.74) is -0.654. The van der Waals surface area contributed by atoms with E-state index in [0.29, 0.717) is 25.6 Å². The van der Waals surface area contributed by atoms with Crippen LogP contribution in [0.4, 0.5) is 4.79 Å². The van der Waals surface area contributed by atoms with Gasteiger partial charge in [-0.05, 0) is 33.6 Å². The van der Waals surface area contributed by atoms with Gasteiger partial charge in [0.15, 0.2) is 5.96 Å². The molecule has 144 valence electrons. The molecule has 2 fully saturated rings. The number of ether oxygens (including phenoxy) is 1. The van der Waals surface area contributed by atoms with Crippen molar-refractivity contribution in [3.8, 4) is 0 Å². The SMILES string of the molecule is CN=C(NCC1(CS(C)(=O)=O)CC1)NC1CN(C(=O)OC(C)(C)C)C1. The Morgan fingerprint density at radius 1 is 1.32 bits per heavy atom. The van der Waals surface area contributed by atoms with Gasteiger partial charge in [-0.3, -0.25) is 4.99 Å². The number of sulfone groups is 1. The molecule has 0 aromatic carbocycles. The molecule has 1 aliphatic heterocycles. The molecular formula is C16H30N4O4S. The second-order valence-electron chi connectivity index (χ2n) is 8.22. The molecule has 1 saturated heterocycles. The van der Waals surface area contributed by atoms with Gasteiger partial charge in [-0.25, -0.2) is 13.2 Å². The molecule has 0 radical (unpaired) electrons. The maximum atomic E-state index is 11.9. The molecule has 2 rings (SSSR count). The van der Waals surface area contributed by atoms with Crippen LogP contribution in [-0.4, -0.2) is 75.7 Å². The van der Waals surface area contributed by atoms with Crippen molar-refractivity contribution in [1.82, 2.24) is 15.5 Å². The fraction of sp³-hybridized carbons (Fsp3) is 0.875. The zero-order chi connectivity index (χ0) is 18.9. The quantitative estimate of drug-likeness (QED) is 0.540. The predicted octanol–water partition coefficient (Wildman–Crippen LogP) is 0.596. The summed E-state index contributed by atoms with van der Waals surface area (Å²) in [5, 5.41) is 6.47. The standard InChI is InChI=1S/C16H30N4O4S/c1-15(2,3)24-14(21)20-8-12(9-20)19-13(17-4)18-10-16(6-7-16)11-25(5,22)23/h12H,6-11H2,1-5H3,(H2,17,18,19). The van der Waals surface area contributed by atoms with E-state index in [2.05, 4.69) is 15.6 Å². The van der Waals surface area contributed by atoms with E-state index in [4.69, 9.17) is 4.74 Å². The molecule has 0 bridgehead atoms. The van der Waals surface area contributed by atoms with Crippen LogP contribution in [0.5, 0.6) is 0 Å². The van der Waals surface area contributed by atoms with E-state index in [9.17, 15) is 13.2 Å². The largest absolute Gasteiger partial charge is 0.444 e. The van der Waals surface area contributed by atoms with Crippen LogP contribution in [0.25, 0.3) is 0 Å². The molecule has 0 aromatic heterocycles. The lowest BCUT2D eigenvalue weighted by Gasteiger charge is -2.40. The highest BCUT2D eigenvalue weighted by Crippen LogP contribution is 2.45. The second-order valence-corrected chi connectivity index (χ2v) is 10.4. The van der Waals surface area contributed by atoms with Crippen LogP contribution in [-0.2, 0) is 14.6 Å². The number of aliphatic imine (C=N–C) groups is 1. The van der Waals surface area contributed by atoms with Crippen molar-refractivity contribution in [2.45, 2.75) is 45.3 Å². The lowest BCUT2D eigenvalue weighted by molar-refractivity contribution is 0.00701. The first-order valence-electron chi connectivity index (χ1n) is 8.54. The van der Waals surface area contributed by atoms with E-state index in [-0.39, 0.29) is 23.3 Å². The third kappa shape index (κ3) is 6.37. The van der Waals surface area contributed by atoms with Crippen LogP contribution in [0.1, 0.15) is 33.6 Å². The monoisotopic (exact) mass is 374 g/mol. The second kappa shape index (κ2) is 7.01. The molecule has 2 aliphatic rings. The van der Waals surface area contributed by atoms with Crippen molar-refractivity contribution >= 4 is 21.9 Å². The van der Waals surface area contributed by atoms with E-state index in [1.807, 2.05) is 20.8 Å². The van der Waals surface area contributed by atoms with Crippen molar-refractivity contribution in [2.24, 2.45) is 10.4 Å². The minimum atomic E-state index is -2.98. The Hall–Kier alpha value is -1.51. The van der Waals surface area contributed by atoms with Crippen molar-refractivity contribution in [2.75, 3.05) is 38.7 Å². The fourth-order valence-corrected chi connectivity index (χ4v) is 4.31. The lowest BCUT2D eigenvalue weighted by atomic mass is 10.1. The summed E-state index contributed by atoms with van der Waals surface area (Å²) in [5.74, 6) is 0.841. The van der Waals surface area contributed by atoms with Gasteiger partial charge in [0.2, 0.25) is 0 Å². The summed E-state index contributed by atoms with van der Waals surface area (Å²) >= 11 is 0. The number of hydrogen-bond donors (Lipinski definition) is 2. The van der Waals surface area contributed by atoms with Crippen LogP contribution in [0.3, 0.4) is 0 Å². The molecule has 1 amide bonds. The van der Waals surface area contributed by atoms with Crippen molar-refractivity contribution in [3.63, 3.8) is 0 Å². The Kier molecular flexibility index (Phi) is 5.56. The Balaban J connectivity index is 1.73. The highest BCUT2D eigenvalue weighted by atomic mass is 32.2. The highest BCUT2D eigenvalue weighted by Gasteiger charge is 2.45. The number of amides is 1. The maximum absolute atomic E-state index is 11.9. The maximum Gasteiger partial charge on any atom is 0.410 e. The zero-order valence-electron chi connectivity index (χ0n) is 15.8. The number of carbonyl (C=O) groups is 1. The molecule has 1 heterocycles. The third-order valence-corrected chi connectivity index (χ3v) is 5.39. The van der Waals surface area contributed by atoms with Gasteiger partial charge in [-0.2, -0.15) is 0 Å². The van der Waals surface area contributed by atoms with Gasteiger partial charge in [-0.1, -0.05) is 0 Å². The average Bonchev–Trinajstić information content (AvgIpc) is 3.12. The first-order valence-corrected chi connectivity index (χ1v) is 10.6. The van der Waals surface area contributed by atoms with Crippen LogP contribution < -0.4 is 10.6 Å². The van der Waals surface area contributed by atoms with Gasteiger partial charge in [0.25, 0.3) is 0 Å². The summed E-state index contributed by atoms with van der Waals surface area (Å²) < 4.78 is 28.3. The highest BCUT2D eigenvalue weighted by molar-refractivity contribution is 7.90. The Morgan fingerprint density at radius 2 is 1.92 bits per heavy atom. The molecule has 1 saturated carbocycles. The van der Waals surface area contributed by atoms with E-state index < -0.39 is 15.4 Å². The van der Waals surface area contributed by atoms with E-state index in [0.717, 1.165) is 12.8 Å². The predicted molar refractivity (Wildman–Crippen MR) is 97.5 cm³/mol. The van der Waals surface area contributed by atoms with Gasteiger partial charge in [0, 0.05) is 38.4 Å². The van der Waals surface area contributed by atoms with E-state index in [1.54, 1.807) is 11.9 Å². The number of carbonyl (C=O) groups excluding carboxylic acids is 1. The van der Waals surface area contributed by atoms with Crippen LogP contribution in [0.2, 0.25) is 0 Å². The van der Waals surface area contributed by atoms with Crippen molar-refractivity contribution < 1.29 is 17.9 Å². The normalized spacial score (nSPS) is 20.7. The van der Waals surface area contributed by atoms with Gasteiger partial charge in [-0.15, -0.1) is 0 Å². The zero-order valence-corrected chi connectivity index (χ0v) is 16.6. The molecule has 8 nitrogen and oxygen atoms in total. The Bertz CT molecular complexity index is 629. The Morgan fingerprint density at radius 3 is 2.36 bits per heavy atom. The minimum Gasteiger partial charge on any atom is -0.444 e. The lowest BCUT2D eigenvalue weighted by Crippen LogP contribution is -2.63. The van der Waals surface area contributed by atoms with Gasteiger partial charge in [0.1, 0.15) is 15.4 Å². The topological polar surface area (TPSA) is 100 Å². The molecular weight excluding hydrogens is 344 g/mol. The summed E-state index contributed by atoms with van der Waals surface area (Å²) in [6, 6.07) is 0.115. The molecule has 25 heavy (non-hydrogen) atoms. The van der Waals surface area contributed by atoms with Gasteiger partial charge in [0.05, 0.1) is 11.8 Å². The fourth-order valence-electron chi connectivity index (χ4n) is 2.81. The Labute approximate surface area is 150 Å². The van der Waals surface area contributed by atoms with Crippen molar-refractivity contribution in [3.05, 3.63) is 0 Å². The first kappa shape index (κ1) is 19.8. The molecule has 0 aromatic rings. The van der Waals surface area contributed by atoms with Gasteiger partial charge < -0.3 is 20.3 Å². The smallest absolute Gasteiger partial charge is 0.410 e. The summed E-state index contributed by atoms with van der Waals surface area (Å²) in [6.07, 6.45) is 2.80. The summed E-state index contributed by atoms with van der Waals surface area (Å²) in [6.45, 7) is 7.24. The molecule has 0 unspecified atom stereocenters. The number of rotatable bonds is 5. The average molecular weight is 375 g/mol. The number of guanidine groups is 1. The summed E-state index contributed by atoms with van der Waals surface area (Å²) in [4.78, 5) is 17.7. The number of likely N-dealkylation sites (tertiary alicyclic amines) is 1. The molecule has 0 spiro atoms. The first-order chi connectivity index (χ1) is 11.4. The van der Waals surface area contributed by atoms with Gasteiger partial charge >= 0.3 is 6.09 Å². The molecule has 1 aliphatic carbocycles. The minimum absolute atomic E-state index is 0.115. The third-order valence-electron chi connectivity index (χ3n) is 4.25. The van der Waals surface area contributed by atoms with Crippen LogP contribution in [0.15, 0.2) is 4.99 Å².